The van der Waals surface area contributed by atoms with Crippen molar-refractivity contribution in [1.29, 1.82) is 0 Å². The van der Waals surface area contributed by atoms with E-state index in [4.69, 9.17) is 0 Å². The highest BCUT2D eigenvalue weighted by Crippen LogP contribution is 2.46. The molecule has 0 radical (unpaired) electrons. The lowest BCUT2D eigenvalue weighted by Gasteiger charge is -2.19. The summed E-state index contributed by atoms with van der Waals surface area (Å²) in [5.41, 5.74) is 0.0707. The van der Waals surface area contributed by atoms with Crippen molar-refractivity contribution in [3.05, 3.63) is 35.4 Å². The number of phenolic OH excluding ortho intramolecular Hbond substituents is 6. The molecule has 0 atom stereocenters. The first-order valence-corrected chi connectivity index (χ1v) is 5.96. The molecule has 0 aliphatic carbocycles. The normalized spacial score (nSPS) is 11.0. The third-order valence-electron chi connectivity index (χ3n) is 3.26. The van der Waals surface area contributed by atoms with E-state index in [0.29, 0.717) is 0 Å². The summed E-state index contributed by atoms with van der Waals surface area (Å²) in [6.07, 6.45) is 0. The van der Waals surface area contributed by atoms with Crippen molar-refractivity contribution in [3.63, 3.8) is 0 Å². The van der Waals surface area contributed by atoms with Crippen molar-refractivity contribution >= 4 is 0 Å². The van der Waals surface area contributed by atoms with Crippen LogP contribution in [0.3, 0.4) is 0 Å². The number of aromatic hydroxyl groups is 6. The second-order valence-electron chi connectivity index (χ2n) is 4.48. The van der Waals surface area contributed by atoms with Gasteiger partial charge in [0.05, 0.1) is 6.61 Å². The summed E-state index contributed by atoms with van der Waals surface area (Å²) in [5, 5.41) is 66.8. The molecule has 2 aromatic rings. The Labute approximate surface area is 119 Å². The van der Waals surface area contributed by atoms with Gasteiger partial charge in [0.15, 0.2) is 23.0 Å². The van der Waals surface area contributed by atoms with Crippen molar-refractivity contribution in [2.75, 3.05) is 6.61 Å². The largest absolute Gasteiger partial charge is 0.504 e. The number of hydrogen-bond donors (Lipinski definition) is 7. The highest BCUT2D eigenvalue weighted by molar-refractivity contribution is 5.60. The molecule has 0 spiro atoms. The van der Waals surface area contributed by atoms with Gasteiger partial charge in [0.1, 0.15) is 0 Å². The van der Waals surface area contributed by atoms with Gasteiger partial charge in [0.2, 0.25) is 11.5 Å². The lowest BCUT2D eigenvalue weighted by molar-refractivity contribution is 0.272. The molecule has 2 rings (SSSR count). The topological polar surface area (TPSA) is 142 Å². The first-order valence-electron chi connectivity index (χ1n) is 5.96. The van der Waals surface area contributed by atoms with Gasteiger partial charge in [0, 0.05) is 17.0 Å². The van der Waals surface area contributed by atoms with E-state index in [1.54, 1.807) is 0 Å². The maximum Gasteiger partial charge on any atom is 0.200 e. The van der Waals surface area contributed by atoms with Crippen LogP contribution >= 0.6 is 0 Å². The van der Waals surface area contributed by atoms with Crippen LogP contribution in [0.25, 0.3) is 0 Å². The van der Waals surface area contributed by atoms with Gasteiger partial charge in [0.25, 0.3) is 0 Å². The van der Waals surface area contributed by atoms with Gasteiger partial charge in [-0.1, -0.05) is 12.1 Å². The zero-order valence-corrected chi connectivity index (χ0v) is 10.7. The summed E-state index contributed by atoms with van der Waals surface area (Å²) in [6.45, 7) is -0.560. The number of benzene rings is 2. The van der Waals surface area contributed by atoms with Gasteiger partial charge < -0.3 is 35.7 Å². The molecule has 0 aromatic heterocycles. The lowest BCUT2D eigenvalue weighted by Crippen LogP contribution is -2.07. The zero-order chi connectivity index (χ0) is 15.7. The Morgan fingerprint density at radius 1 is 0.619 bits per heavy atom. The van der Waals surface area contributed by atoms with Crippen molar-refractivity contribution in [1.82, 2.24) is 0 Å². The molecular formula is C14H14O7. The molecule has 0 amide bonds. The van der Waals surface area contributed by atoms with Crippen molar-refractivity contribution in [2.45, 2.75) is 5.92 Å². The molecule has 0 aliphatic heterocycles. The fourth-order valence-electron chi connectivity index (χ4n) is 2.10. The first kappa shape index (κ1) is 14.6. The average Bonchev–Trinajstić information content (AvgIpc) is 2.47. The highest BCUT2D eigenvalue weighted by Gasteiger charge is 2.25. The summed E-state index contributed by atoms with van der Waals surface area (Å²) in [4.78, 5) is 0. The second kappa shape index (κ2) is 5.29. The minimum Gasteiger partial charge on any atom is -0.504 e. The molecule has 0 fully saturated rings. The fraction of sp³-hybridized carbons (Fsp3) is 0.143. The van der Waals surface area contributed by atoms with Crippen LogP contribution in [-0.4, -0.2) is 42.4 Å². The Hall–Kier alpha value is -2.80. The van der Waals surface area contributed by atoms with Gasteiger partial charge in [-0.3, -0.25) is 0 Å². The van der Waals surface area contributed by atoms with Gasteiger partial charge in [-0.2, -0.15) is 0 Å². The Morgan fingerprint density at radius 2 is 1.00 bits per heavy atom. The summed E-state index contributed by atoms with van der Waals surface area (Å²) in [6, 6.07) is 4.75. The van der Waals surface area contributed by atoms with Crippen LogP contribution in [0.1, 0.15) is 17.0 Å². The van der Waals surface area contributed by atoms with E-state index in [-0.39, 0.29) is 11.1 Å². The molecule has 7 nitrogen and oxygen atoms in total. The zero-order valence-electron chi connectivity index (χ0n) is 10.7. The quantitative estimate of drug-likeness (QED) is 0.419. The third kappa shape index (κ3) is 2.34. The van der Waals surface area contributed by atoms with E-state index in [1.807, 2.05) is 0 Å². The highest BCUT2D eigenvalue weighted by atomic mass is 16.3. The Kier molecular flexibility index (Phi) is 3.68. The van der Waals surface area contributed by atoms with Crippen molar-refractivity contribution in [3.8, 4) is 34.5 Å². The first-order chi connectivity index (χ1) is 9.88. The molecule has 0 bridgehead atoms. The summed E-state index contributed by atoms with van der Waals surface area (Å²) < 4.78 is 0. The minimum absolute atomic E-state index is 0.0354. The SMILES string of the molecule is OCC(c1ccc(O)c(O)c1O)c1ccc(O)c(O)c1O. The van der Waals surface area contributed by atoms with Crippen LogP contribution in [-0.2, 0) is 0 Å². The van der Waals surface area contributed by atoms with Crippen LogP contribution in [0.4, 0.5) is 0 Å². The predicted molar refractivity (Wildman–Crippen MR) is 71.8 cm³/mol. The van der Waals surface area contributed by atoms with Crippen LogP contribution in [0.5, 0.6) is 34.5 Å². The maximum absolute atomic E-state index is 9.84. The van der Waals surface area contributed by atoms with Crippen molar-refractivity contribution < 1.29 is 35.7 Å². The van der Waals surface area contributed by atoms with Gasteiger partial charge in [-0.25, -0.2) is 0 Å². The Balaban J connectivity index is 2.61. The monoisotopic (exact) mass is 294 g/mol. The summed E-state index contributed by atoms with van der Waals surface area (Å²) in [7, 11) is 0. The van der Waals surface area contributed by atoms with Gasteiger partial charge in [-0.15, -0.1) is 0 Å². The summed E-state index contributed by atoms with van der Waals surface area (Å²) in [5.74, 6) is -4.87. The fourth-order valence-corrected chi connectivity index (χ4v) is 2.10. The summed E-state index contributed by atoms with van der Waals surface area (Å²) >= 11 is 0. The molecule has 0 unspecified atom stereocenters. The van der Waals surface area contributed by atoms with Crippen LogP contribution < -0.4 is 0 Å². The predicted octanol–water partition coefficient (Wildman–Crippen LogP) is 1.04. The molecule has 112 valence electrons. The van der Waals surface area contributed by atoms with Gasteiger partial charge in [-0.05, 0) is 12.1 Å². The van der Waals surface area contributed by atoms with E-state index in [9.17, 15) is 35.7 Å². The molecule has 0 aliphatic rings. The third-order valence-corrected chi connectivity index (χ3v) is 3.26. The van der Waals surface area contributed by atoms with Crippen LogP contribution in [0.15, 0.2) is 24.3 Å². The number of rotatable bonds is 3. The molecule has 0 saturated heterocycles. The standard InChI is InChI=1S/C14H14O7/c15-5-8(6-1-3-9(16)13(20)11(6)18)7-2-4-10(17)14(21)12(7)19/h1-4,8,15-21H,5H2. The minimum atomic E-state index is -0.983. The molecule has 0 heterocycles. The second-order valence-corrected chi connectivity index (χ2v) is 4.48. The average molecular weight is 294 g/mol. The number of aliphatic hydroxyl groups excluding tert-OH is 1. The van der Waals surface area contributed by atoms with E-state index >= 15 is 0 Å². The molecule has 7 N–H and O–H groups in total. The molecule has 2 aromatic carbocycles. The van der Waals surface area contributed by atoms with E-state index in [0.717, 1.165) is 12.1 Å². The lowest BCUT2D eigenvalue weighted by atomic mass is 9.90. The number of phenols is 6. The Bertz CT molecular complexity index is 624. The van der Waals surface area contributed by atoms with E-state index in [1.165, 1.54) is 12.1 Å². The van der Waals surface area contributed by atoms with E-state index < -0.39 is 47.0 Å². The molecule has 7 heteroatoms. The number of hydrogen-bond acceptors (Lipinski definition) is 7. The van der Waals surface area contributed by atoms with Crippen LogP contribution in [0.2, 0.25) is 0 Å². The van der Waals surface area contributed by atoms with Gasteiger partial charge >= 0.3 is 0 Å². The molecular weight excluding hydrogens is 280 g/mol. The molecule has 21 heavy (non-hydrogen) atoms. The van der Waals surface area contributed by atoms with E-state index in [2.05, 4.69) is 0 Å². The smallest absolute Gasteiger partial charge is 0.200 e. The number of aliphatic hydroxyl groups is 1. The Morgan fingerprint density at radius 3 is 1.33 bits per heavy atom. The maximum atomic E-state index is 9.84. The van der Waals surface area contributed by atoms with Crippen LogP contribution in [0, 0.1) is 0 Å². The molecule has 0 saturated carbocycles. The van der Waals surface area contributed by atoms with Crippen molar-refractivity contribution in [2.24, 2.45) is 0 Å².